The number of hydrogen-bond acceptors (Lipinski definition) is 6. The Balaban J connectivity index is 1.44. The number of hydrogen-bond donors (Lipinski definition) is 2. The highest BCUT2D eigenvalue weighted by Gasteiger charge is 2.45. The average molecular weight is 463 g/mol. The molecule has 4 heterocycles. The van der Waals surface area contributed by atoms with Crippen molar-refractivity contribution in [3.8, 4) is 23.2 Å². The Kier molecular flexibility index (Phi) is 4.56. The number of cyclic esters (lactones) is 1. The van der Waals surface area contributed by atoms with Crippen LogP contribution in [0, 0.1) is 11.8 Å². The van der Waals surface area contributed by atoms with Crippen molar-refractivity contribution in [2.24, 2.45) is 0 Å². The Morgan fingerprint density at radius 3 is 2.69 bits per heavy atom. The van der Waals surface area contributed by atoms with Gasteiger partial charge in [0.2, 0.25) is 0 Å². The van der Waals surface area contributed by atoms with E-state index in [2.05, 4.69) is 11.8 Å². The molecular weight excluding hydrogens is 442 g/mol. The van der Waals surface area contributed by atoms with E-state index in [-0.39, 0.29) is 18.6 Å². The van der Waals surface area contributed by atoms with Crippen molar-refractivity contribution < 1.29 is 14.6 Å². The van der Waals surface area contributed by atoms with Crippen LogP contribution in [0.15, 0.2) is 59.4 Å². The van der Waals surface area contributed by atoms with Crippen LogP contribution in [0.3, 0.4) is 0 Å². The molecule has 0 radical (unpaired) electrons. The zero-order chi connectivity index (χ0) is 24.3. The predicted molar refractivity (Wildman–Crippen MR) is 131 cm³/mol. The normalized spacial score (nSPS) is 17.7. The Bertz CT molecular complexity index is 1690. The first-order chi connectivity index (χ1) is 16.9. The molecule has 172 valence electrons. The van der Waals surface area contributed by atoms with Gasteiger partial charge in [-0.15, -0.1) is 0 Å². The maximum Gasteiger partial charge on any atom is 0.343 e. The van der Waals surface area contributed by atoms with Gasteiger partial charge in [-0.1, -0.05) is 24.8 Å². The molecule has 0 spiro atoms. The molecule has 0 saturated carbocycles. The third kappa shape index (κ3) is 3.22. The van der Waals surface area contributed by atoms with E-state index in [0.29, 0.717) is 34.7 Å². The number of pyridine rings is 2. The second-order valence-electron chi connectivity index (χ2n) is 8.88. The number of esters is 1. The molecule has 0 amide bonds. The maximum atomic E-state index is 13.3. The molecule has 3 N–H and O–H groups in total. The van der Waals surface area contributed by atoms with Crippen LogP contribution in [0.1, 0.15) is 41.2 Å². The summed E-state index contributed by atoms with van der Waals surface area (Å²) >= 11 is 0. The van der Waals surface area contributed by atoms with Crippen molar-refractivity contribution >= 4 is 22.6 Å². The molecule has 7 nitrogen and oxygen atoms in total. The number of carbonyl (C=O) groups is 1. The minimum absolute atomic E-state index is 0.110. The summed E-state index contributed by atoms with van der Waals surface area (Å²) in [7, 11) is 0. The van der Waals surface area contributed by atoms with Crippen molar-refractivity contribution in [3.05, 3.63) is 92.8 Å². The van der Waals surface area contributed by atoms with Gasteiger partial charge in [0.1, 0.15) is 6.61 Å². The zero-order valence-corrected chi connectivity index (χ0v) is 19.0. The zero-order valence-electron chi connectivity index (χ0n) is 19.0. The van der Waals surface area contributed by atoms with E-state index in [0.717, 1.165) is 27.6 Å². The van der Waals surface area contributed by atoms with Crippen LogP contribution in [0.5, 0.6) is 0 Å². The third-order valence-electron chi connectivity index (χ3n) is 6.75. The van der Waals surface area contributed by atoms with Gasteiger partial charge < -0.3 is 20.1 Å². The standard InChI is InChI=1S/C28H21N3O4/c1-2-28(34)22-13-24-25-19(14-31(24)26(32)21(22)15-35-27(28)33)12-18-10-17(8-9-23(18)30-25)7-6-16-4-3-5-20(29)11-16/h3-5,8-13,34H,2,14-15,29H2,1H3/t28-/m0/s1. The monoisotopic (exact) mass is 463 g/mol. The number of nitrogen functional groups attached to an aromatic ring is 1. The number of aromatic nitrogens is 2. The average Bonchev–Trinajstić information content (AvgIpc) is 3.21. The molecule has 1 atom stereocenters. The summed E-state index contributed by atoms with van der Waals surface area (Å²) in [5, 5.41) is 11.9. The molecule has 0 saturated heterocycles. The molecule has 2 aliphatic rings. The van der Waals surface area contributed by atoms with Crippen LogP contribution >= 0.6 is 0 Å². The molecule has 2 aromatic carbocycles. The summed E-state index contributed by atoms with van der Waals surface area (Å²) < 4.78 is 6.76. The lowest BCUT2D eigenvalue weighted by molar-refractivity contribution is -0.172. The summed E-state index contributed by atoms with van der Waals surface area (Å²) in [4.78, 5) is 30.4. The van der Waals surface area contributed by atoms with E-state index in [1.54, 1.807) is 17.6 Å². The number of rotatable bonds is 1. The Morgan fingerprint density at radius 2 is 1.91 bits per heavy atom. The fraction of sp³-hybridized carbons (Fsp3) is 0.179. The molecule has 35 heavy (non-hydrogen) atoms. The van der Waals surface area contributed by atoms with Crippen LogP contribution in [0.2, 0.25) is 0 Å². The number of nitrogens with zero attached hydrogens (tertiary/aromatic N) is 2. The van der Waals surface area contributed by atoms with Crippen molar-refractivity contribution in [2.45, 2.75) is 32.1 Å². The molecule has 6 rings (SSSR count). The molecule has 4 aromatic rings. The van der Waals surface area contributed by atoms with Crippen LogP contribution in [0.4, 0.5) is 5.69 Å². The van der Waals surface area contributed by atoms with Gasteiger partial charge in [0.15, 0.2) is 5.60 Å². The summed E-state index contributed by atoms with van der Waals surface area (Å²) in [6, 6.07) is 16.9. The first-order valence-corrected chi connectivity index (χ1v) is 11.4. The SMILES string of the molecule is CC[C@@]1(O)C(=O)OCc2c1cc1n(c2=O)Cc2cc3cc(C#Cc4cccc(N)c4)ccc3nc2-1. The molecule has 0 unspecified atom stereocenters. The highest BCUT2D eigenvalue weighted by molar-refractivity contribution is 5.87. The first kappa shape index (κ1) is 21.1. The minimum Gasteiger partial charge on any atom is -0.458 e. The van der Waals surface area contributed by atoms with Crippen molar-refractivity contribution in [3.63, 3.8) is 0 Å². The number of ether oxygens (including phenoxy) is 1. The number of carbonyl (C=O) groups excluding carboxylic acids is 1. The molecule has 0 aliphatic carbocycles. The topological polar surface area (TPSA) is 107 Å². The summed E-state index contributed by atoms with van der Waals surface area (Å²) in [5.74, 6) is 5.57. The van der Waals surface area contributed by atoms with Crippen molar-refractivity contribution in [1.82, 2.24) is 9.55 Å². The Labute approximate surface area is 200 Å². The highest BCUT2D eigenvalue weighted by Crippen LogP contribution is 2.38. The van der Waals surface area contributed by atoms with Gasteiger partial charge in [0.05, 0.1) is 29.0 Å². The van der Waals surface area contributed by atoms with Gasteiger partial charge in [-0.05, 0) is 55.0 Å². The van der Waals surface area contributed by atoms with E-state index in [1.807, 2.05) is 48.5 Å². The lowest BCUT2D eigenvalue weighted by Gasteiger charge is -2.31. The van der Waals surface area contributed by atoms with E-state index < -0.39 is 11.6 Å². The van der Waals surface area contributed by atoms with Crippen LogP contribution < -0.4 is 11.3 Å². The van der Waals surface area contributed by atoms with Gasteiger partial charge in [0.25, 0.3) is 5.56 Å². The third-order valence-corrected chi connectivity index (χ3v) is 6.75. The number of fused-ring (bicyclic) bond motifs is 5. The fourth-order valence-electron chi connectivity index (χ4n) is 4.82. The second kappa shape index (κ2) is 7.55. The Morgan fingerprint density at radius 1 is 1.11 bits per heavy atom. The molecule has 2 aliphatic heterocycles. The Hall–Kier alpha value is -4.41. The highest BCUT2D eigenvalue weighted by atomic mass is 16.6. The number of nitrogens with two attached hydrogens (primary N) is 1. The van der Waals surface area contributed by atoms with Crippen LogP contribution in [0.25, 0.3) is 22.3 Å². The molecule has 7 heteroatoms. The summed E-state index contributed by atoms with van der Waals surface area (Å²) in [6.07, 6.45) is 0.110. The van der Waals surface area contributed by atoms with Gasteiger partial charge in [-0.2, -0.15) is 0 Å². The smallest absolute Gasteiger partial charge is 0.343 e. The lowest BCUT2D eigenvalue weighted by Crippen LogP contribution is -2.44. The number of aliphatic hydroxyl groups is 1. The maximum absolute atomic E-state index is 13.3. The molecular formula is C28H21N3O4. The van der Waals surface area contributed by atoms with E-state index in [9.17, 15) is 14.7 Å². The number of benzene rings is 2. The second-order valence-corrected chi connectivity index (χ2v) is 8.88. The van der Waals surface area contributed by atoms with Gasteiger partial charge in [0, 0.05) is 33.3 Å². The summed E-state index contributed by atoms with van der Waals surface area (Å²) in [6.45, 7) is 1.90. The van der Waals surface area contributed by atoms with E-state index in [1.165, 1.54) is 0 Å². The predicted octanol–water partition coefficient (Wildman–Crippen LogP) is 3.06. The summed E-state index contributed by atoms with van der Waals surface area (Å²) in [5.41, 5.74) is 9.63. The molecule has 2 aromatic heterocycles. The minimum atomic E-state index is -1.83. The van der Waals surface area contributed by atoms with Crippen molar-refractivity contribution in [1.29, 1.82) is 0 Å². The van der Waals surface area contributed by atoms with Crippen LogP contribution in [-0.2, 0) is 28.3 Å². The van der Waals surface area contributed by atoms with E-state index in [4.69, 9.17) is 15.5 Å². The fourth-order valence-corrected chi connectivity index (χ4v) is 4.82. The molecule has 0 bridgehead atoms. The van der Waals surface area contributed by atoms with Crippen LogP contribution in [-0.4, -0.2) is 20.6 Å². The number of anilines is 1. The van der Waals surface area contributed by atoms with Crippen molar-refractivity contribution in [2.75, 3.05) is 5.73 Å². The van der Waals surface area contributed by atoms with Gasteiger partial charge >= 0.3 is 5.97 Å². The first-order valence-electron chi connectivity index (χ1n) is 11.4. The largest absolute Gasteiger partial charge is 0.458 e. The van der Waals surface area contributed by atoms with Gasteiger partial charge in [-0.25, -0.2) is 9.78 Å². The van der Waals surface area contributed by atoms with E-state index >= 15 is 0 Å². The lowest BCUT2D eigenvalue weighted by atomic mass is 9.86. The molecule has 0 fully saturated rings. The van der Waals surface area contributed by atoms with Gasteiger partial charge in [-0.3, -0.25) is 4.79 Å². The quantitative estimate of drug-likeness (QED) is 0.225.